The summed E-state index contributed by atoms with van der Waals surface area (Å²) in [5.74, 6) is 1.51. The molecule has 33 heavy (non-hydrogen) atoms. The molecule has 0 aromatic heterocycles. The summed E-state index contributed by atoms with van der Waals surface area (Å²) < 4.78 is 12.0. The van der Waals surface area contributed by atoms with Crippen LogP contribution in [0.15, 0.2) is 0 Å². The van der Waals surface area contributed by atoms with Gasteiger partial charge >= 0.3 is 0 Å². The van der Waals surface area contributed by atoms with Crippen molar-refractivity contribution < 1.29 is 35.0 Å². The van der Waals surface area contributed by atoms with E-state index >= 15 is 0 Å². The average molecular weight is 469 g/mol. The van der Waals surface area contributed by atoms with E-state index in [-0.39, 0.29) is 22.3 Å². The first kappa shape index (κ1) is 24.4. The molecule has 5 aliphatic rings. The van der Waals surface area contributed by atoms with Crippen LogP contribution in [-0.2, 0) is 9.47 Å². The summed E-state index contributed by atoms with van der Waals surface area (Å²) in [6.45, 7) is 8.67. The third-order valence-electron chi connectivity index (χ3n) is 10.8. The van der Waals surface area contributed by atoms with Gasteiger partial charge in [-0.3, -0.25) is 0 Å². The molecule has 4 saturated carbocycles. The van der Waals surface area contributed by atoms with Crippen LogP contribution < -0.4 is 0 Å². The topological polar surface area (TPSA) is 120 Å². The molecule has 5 rings (SSSR count). The van der Waals surface area contributed by atoms with Crippen LogP contribution in [0.5, 0.6) is 0 Å². The Morgan fingerprint density at radius 1 is 0.879 bits per heavy atom. The number of hydrogen-bond acceptors (Lipinski definition) is 7. The molecule has 0 amide bonds. The fourth-order valence-corrected chi connectivity index (χ4v) is 9.72. The van der Waals surface area contributed by atoms with Crippen LogP contribution in [-0.4, -0.2) is 74.6 Å². The van der Waals surface area contributed by atoms with Crippen LogP contribution >= 0.6 is 0 Å². The maximum atomic E-state index is 11.1. The number of aliphatic hydroxyl groups is 5. The molecule has 1 spiro atoms. The molecular formula is C26H44O7. The summed E-state index contributed by atoms with van der Waals surface area (Å²) in [7, 11) is 0. The predicted molar refractivity (Wildman–Crippen MR) is 121 cm³/mol. The van der Waals surface area contributed by atoms with Crippen molar-refractivity contribution in [2.24, 2.45) is 34.0 Å². The van der Waals surface area contributed by atoms with E-state index in [0.29, 0.717) is 17.8 Å². The lowest BCUT2D eigenvalue weighted by Gasteiger charge is -2.65. The van der Waals surface area contributed by atoms with Crippen LogP contribution in [0, 0.1) is 34.0 Å². The molecule has 12 atom stereocenters. The Bertz CT molecular complexity index is 753. The van der Waals surface area contributed by atoms with Gasteiger partial charge in [0.2, 0.25) is 0 Å². The van der Waals surface area contributed by atoms with Gasteiger partial charge in [0.1, 0.15) is 24.4 Å². The van der Waals surface area contributed by atoms with Crippen molar-refractivity contribution in [2.45, 2.75) is 121 Å². The smallest absolute Gasteiger partial charge is 0.186 e. The van der Waals surface area contributed by atoms with Crippen molar-refractivity contribution in [3.8, 4) is 0 Å². The van der Waals surface area contributed by atoms with Crippen LogP contribution in [0.25, 0.3) is 0 Å². The third kappa shape index (κ3) is 3.64. The van der Waals surface area contributed by atoms with E-state index in [1.54, 1.807) is 0 Å². The first-order chi connectivity index (χ1) is 15.3. The van der Waals surface area contributed by atoms with Crippen molar-refractivity contribution in [3.05, 3.63) is 0 Å². The van der Waals surface area contributed by atoms with Crippen molar-refractivity contribution in [1.29, 1.82) is 0 Å². The lowest BCUT2D eigenvalue weighted by molar-refractivity contribution is -0.322. The molecule has 1 aliphatic heterocycles. The summed E-state index contributed by atoms with van der Waals surface area (Å²) in [5.41, 5.74) is -0.247. The van der Waals surface area contributed by atoms with Gasteiger partial charge in [-0.25, -0.2) is 0 Å². The van der Waals surface area contributed by atoms with Crippen LogP contribution in [0.2, 0.25) is 0 Å². The highest BCUT2D eigenvalue weighted by Gasteiger charge is 2.67. The largest absolute Gasteiger partial charge is 0.394 e. The van der Waals surface area contributed by atoms with Crippen LogP contribution in [0.4, 0.5) is 0 Å². The van der Waals surface area contributed by atoms with Gasteiger partial charge in [-0.2, -0.15) is 0 Å². The SMILES string of the molecule is CC1(C)C[C@H](O[C@@H]2O[C@H](CO)[C@@H](O)[C@@H](O)[C@H]2O)C[C@@]2(C)[C@H]1CC[C@]13C[C@@H](CC[C@@H]12)[C@@](C)(O)C3. The Kier molecular flexibility index (Phi) is 5.81. The van der Waals surface area contributed by atoms with Gasteiger partial charge in [0.25, 0.3) is 0 Å². The standard InChI is InChI=1S/C26H44O7/c1-23(2)10-15(32-22-21(30)20(29)19(28)16(12-27)33-22)11-24(3)17(23)7-8-26-9-14(5-6-18(24)26)25(4,31)13-26/h14-22,27-31H,5-13H2,1-4H3/t14-,15+,16-,17+,18-,19-,20-,21-,22-,24+,25+,26-/m1/s1. The second-order valence-electron chi connectivity index (χ2n) is 13.4. The zero-order valence-corrected chi connectivity index (χ0v) is 20.6. The minimum Gasteiger partial charge on any atom is -0.394 e. The third-order valence-corrected chi connectivity index (χ3v) is 10.8. The molecule has 7 heteroatoms. The van der Waals surface area contributed by atoms with Crippen molar-refractivity contribution in [3.63, 3.8) is 0 Å². The van der Waals surface area contributed by atoms with Gasteiger partial charge in [-0.15, -0.1) is 0 Å². The maximum Gasteiger partial charge on any atom is 0.186 e. The Labute approximate surface area is 197 Å². The molecular weight excluding hydrogens is 424 g/mol. The summed E-state index contributed by atoms with van der Waals surface area (Å²) in [5, 5.41) is 51.6. The molecule has 0 unspecified atom stereocenters. The average Bonchev–Trinajstić information content (AvgIpc) is 2.90. The van der Waals surface area contributed by atoms with Gasteiger partial charge in [0, 0.05) is 0 Å². The Balaban J connectivity index is 1.40. The van der Waals surface area contributed by atoms with E-state index < -0.39 is 42.9 Å². The highest BCUT2D eigenvalue weighted by molar-refractivity contribution is 5.16. The first-order valence-electron chi connectivity index (χ1n) is 13.0. The number of rotatable bonds is 3. The predicted octanol–water partition coefficient (Wildman–Crippen LogP) is 1.97. The molecule has 4 aliphatic carbocycles. The molecule has 2 bridgehead atoms. The van der Waals surface area contributed by atoms with Gasteiger partial charge in [-0.1, -0.05) is 20.8 Å². The number of aliphatic hydroxyl groups excluding tert-OH is 4. The first-order valence-corrected chi connectivity index (χ1v) is 13.0. The van der Waals surface area contributed by atoms with Gasteiger partial charge in [0.15, 0.2) is 6.29 Å². The van der Waals surface area contributed by atoms with Gasteiger partial charge in [-0.05, 0) is 92.3 Å². The normalized spacial score (nSPS) is 57.9. The van der Waals surface area contributed by atoms with E-state index in [1.165, 1.54) is 12.8 Å². The summed E-state index contributed by atoms with van der Waals surface area (Å²) in [6.07, 6.45) is 1.97. The number of hydrogen-bond donors (Lipinski definition) is 5. The van der Waals surface area contributed by atoms with E-state index in [9.17, 15) is 25.5 Å². The fraction of sp³-hybridized carbons (Fsp3) is 1.00. The zero-order valence-electron chi connectivity index (χ0n) is 20.6. The Hall–Kier alpha value is -0.280. The highest BCUT2D eigenvalue weighted by atomic mass is 16.7. The second-order valence-corrected chi connectivity index (χ2v) is 13.4. The quantitative estimate of drug-likeness (QED) is 0.402. The molecule has 5 N–H and O–H groups in total. The van der Waals surface area contributed by atoms with E-state index in [1.807, 2.05) is 6.92 Å². The highest BCUT2D eigenvalue weighted by Crippen LogP contribution is 2.73. The lowest BCUT2D eigenvalue weighted by atomic mass is 9.41. The second kappa shape index (κ2) is 7.86. The molecule has 7 nitrogen and oxygen atoms in total. The molecule has 190 valence electrons. The van der Waals surface area contributed by atoms with Crippen molar-refractivity contribution >= 4 is 0 Å². The molecule has 0 radical (unpaired) electrons. The van der Waals surface area contributed by atoms with E-state index in [4.69, 9.17) is 9.47 Å². The minimum absolute atomic E-state index is 0.0470. The molecule has 0 aromatic rings. The van der Waals surface area contributed by atoms with Crippen LogP contribution in [0.1, 0.15) is 79.1 Å². The number of ether oxygens (including phenoxy) is 2. The summed E-state index contributed by atoms with van der Waals surface area (Å²) in [6, 6.07) is 0. The molecule has 1 saturated heterocycles. The van der Waals surface area contributed by atoms with Gasteiger partial charge in [0.05, 0.1) is 18.3 Å². The van der Waals surface area contributed by atoms with Crippen LogP contribution in [0.3, 0.4) is 0 Å². The van der Waals surface area contributed by atoms with Gasteiger partial charge < -0.3 is 35.0 Å². The molecule has 1 heterocycles. The minimum atomic E-state index is -1.42. The lowest BCUT2D eigenvalue weighted by Crippen LogP contribution is -2.62. The van der Waals surface area contributed by atoms with Crippen molar-refractivity contribution in [2.75, 3.05) is 6.61 Å². The summed E-state index contributed by atoms with van der Waals surface area (Å²) >= 11 is 0. The number of fused-ring (bicyclic) bond motifs is 3. The fourth-order valence-electron chi connectivity index (χ4n) is 9.72. The van der Waals surface area contributed by atoms with E-state index in [0.717, 1.165) is 38.5 Å². The van der Waals surface area contributed by atoms with E-state index in [2.05, 4.69) is 20.8 Å². The van der Waals surface area contributed by atoms with Crippen molar-refractivity contribution in [1.82, 2.24) is 0 Å². The molecule has 0 aromatic carbocycles. The Morgan fingerprint density at radius 3 is 2.30 bits per heavy atom. The zero-order chi connectivity index (χ0) is 24.0. The Morgan fingerprint density at radius 2 is 1.61 bits per heavy atom. The maximum absolute atomic E-state index is 11.1. The monoisotopic (exact) mass is 468 g/mol. The molecule has 5 fully saturated rings. The summed E-state index contributed by atoms with van der Waals surface area (Å²) in [4.78, 5) is 0.